The third-order valence-electron chi connectivity index (χ3n) is 2.01. The second-order valence-electron chi connectivity index (χ2n) is 3.54. The molecule has 0 saturated heterocycles. The van der Waals surface area contributed by atoms with E-state index in [-0.39, 0.29) is 6.61 Å². The number of aromatic nitrogens is 2. The standard InChI is InChI=1S/C11H18ClN3O2S/c1-17-8-11-14-9(12)7-10(15-11)13-3-6-18-5-2-4-16/h7,16H,2-6,8H2,1H3,(H,13,14,15). The number of rotatable bonds is 9. The lowest BCUT2D eigenvalue weighted by Gasteiger charge is -2.07. The van der Waals surface area contributed by atoms with E-state index < -0.39 is 0 Å². The summed E-state index contributed by atoms with van der Waals surface area (Å²) in [5, 5.41) is 12.2. The van der Waals surface area contributed by atoms with Gasteiger partial charge in [-0.2, -0.15) is 11.8 Å². The van der Waals surface area contributed by atoms with Gasteiger partial charge in [-0.3, -0.25) is 0 Å². The summed E-state index contributed by atoms with van der Waals surface area (Å²) in [5.74, 6) is 3.21. The maximum absolute atomic E-state index is 8.64. The number of nitrogens with zero attached hydrogens (tertiary/aromatic N) is 2. The molecule has 0 radical (unpaired) electrons. The summed E-state index contributed by atoms with van der Waals surface area (Å²) < 4.78 is 4.97. The van der Waals surface area contributed by atoms with Crippen molar-refractivity contribution in [2.24, 2.45) is 0 Å². The van der Waals surface area contributed by atoms with Crippen molar-refractivity contribution in [1.82, 2.24) is 9.97 Å². The van der Waals surface area contributed by atoms with Crippen molar-refractivity contribution < 1.29 is 9.84 Å². The minimum absolute atomic E-state index is 0.252. The number of ether oxygens (including phenoxy) is 1. The zero-order chi connectivity index (χ0) is 13.2. The Bertz CT molecular complexity index is 355. The van der Waals surface area contributed by atoms with Crippen LogP contribution in [-0.2, 0) is 11.3 Å². The number of aliphatic hydroxyl groups is 1. The largest absolute Gasteiger partial charge is 0.396 e. The van der Waals surface area contributed by atoms with Crippen LogP contribution in [0, 0.1) is 0 Å². The third-order valence-corrected chi connectivity index (χ3v) is 3.28. The Hall–Kier alpha value is -0.560. The molecular formula is C11H18ClN3O2S. The second kappa shape index (κ2) is 9.38. The molecule has 0 amide bonds. The number of halogens is 1. The van der Waals surface area contributed by atoms with Crippen LogP contribution >= 0.6 is 23.4 Å². The van der Waals surface area contributed by atoms with Crippen LogP contribution in [0.4, 0.5) is 5.82 Å². The highest BCUT2D eigenvalue weighted by molar-refractivity contribution is 7.99. The minimum Gasteiger partial charge on any atom is -0.396 e. The number of thioether (sulfide) groups is 1. The minimum atomic E-state index is 0.252. The molecule has 5 nitrogen and oxygen atoms in total. The lowest BCUT2D eigenvalue weighted by Crippen LogP contribution is -2.08. The van der Waals surface area contributed by atoms with E-state index >= 15 is 0 Å². The monoisotopic (exact) mass is 291 g/mol. The number of anilines is 1. The van der Waals surface area contributed by atoms with Crippen molar-refractivity contribution in [1.29, 1.82) is 0 Å². The van der Waals surface area contributed by atoms with Gasteiger partial charge >= 0.3 is 0 Å². The van der Waals surface area contributed by atoms with E-state index in [4.69, 9.17) is 21.4 Å². The predicted molar refractivity (Wildman–Crippen MR) is 75.3 cm³/mol. The molecule has 1 heterocycles. The smallest absolute Gasteiger partial charge is 0.158 e. The maximum Gasteiger partial charge on any atom is 0.158 e. The van der Waals surface area contributed by atoms with Gasteiger partial charge in [0.05, 0.1) is 0 Å². The maximum atomic E-state index is 8.64. The van der Waals surface area contributed by atoms with E-state index in [1.165, 1.54) is 0 Å². The van der Waals surface area contributed by atoms with Crippen LogP contribution in [0.5, 0.6) is 0 Å². The first-order chi connectivity index (χ1) is 8.76. The molecule has 0 aliphatic carbocycles. The van der Waals surface area contributed by atoms with Crippen LogP contribution in [0.2, 0.25) is 5.15 Å². The number of nitrogens with one attached hydrogen (secondary N) is 1. The van der Waals surface area contributed by atoms with Crippen molar-refractivity contribution in [3.8, 4) is 0 Å². The van der Waals surface area contributed by atoms with E-state index in [0.29, 0.717) is 23.4 Å². The fraction of sp³-hybridized carbons (Fsp3) is 0.636. The summed E-state index contributed by atoms with van der Waals surface area (Å²) in [6.45, 7) is 1.40. The SMILES string of the molecule is COCc1nc(Cl)cc(NCCSCCCO)n1. The Morgan fingerprint density at radius 1 is 1.44 bits per heavy atom. The summed E-state index contributed by atoms with van der Waals surface area (Å²) in [6.07, 6.45) is 0.835. The molecule has 102 valence electrons. The summed E-state index contributed by atoms with van der Waals surface area (Å²) in [7, 11) is 1.59. The van der Waals surface area contributed by atoms with Crippen LogP contribution in [0.3, 0.4) is 0 Å². The molecule has 2 N–H and O–H groups in total. The summed E-state index contributed by atoms with van der Waals surface area (Å²) in [4.78, 5) is 8.33. The van der Waals surface area contributed by atoms with E-state index in [9.17, 15) is 0 Å². The molecule has 0 bridgehead atoms. The van der Waals surface area contributed by atoms with Crippen LogP contribution in [0.15, 0.2) is 6.07 Å². The van der Waals surface area contributed by atoms with Gasteiger partial charge in [0.25, 0.3) is 0 Å². The highest BCUT2D eigenvalue weighted by Crippen LogP contribution is 2.12. The third kappa shape index (κ3) is 6.39. The molecule has 0 aliphatic heterocycles. The molecule has 0 saturated carbocycles. The van der Waals surface area contributed by atoms with E-state index in [1.54, 1.807) is 24.9 Å². The van der Waals surface area contributed by atoms with Gasteiger partial charge in [0.15, 0.2) is 5.82 Å². The van der Waals surface area contributed by atoms with Gasteiger partial charge in [-0.05, 0) is 12.2 Å². The van der Waals surface area contributed by atoms with Crippen LogP contribution < -0.4 is 5.32 Å². The van der Waals surface area contributed by atoms with Gasteiger partial charge in [0.2, 0.25) is 0 Å². The quantitative estimate of drug-likeness (QED) is 0.534. The highest BCUT2D eigenvalue weighted by atomic mass is 35.5. The Kier molecular flexibility index (Phi) is 8.08. The summed E-state index contributed by atoms with van der Waals surface area (Å²) in [6, 6.07) is 1.69. The normalized spacial score (nSPS) is 10.6. The van der Waals surface area contributed by atoms with E-state index in [1.807, 2.05) is 0 Å². The van der Waals surface area contributed by atoms with Gasteiger partial charge < -0.3 is 15.2 Å². The molecule has 0 aliphatic rings. The van der Waals surface area contributed by atoms with E-state index in [2.05, 4.69) is 15.3 Å². The average molecular weight is 292 g/mol. The summed E-state index contributed by atoms with van der Waals surface area (Å²) in [5.41, 5.74) is 0. The Balaban J connectivity index is 2.32. The molecule has 1 rings (SSSR count). The number of hydrogen-bond donors (Lipinski definition) is 2. The highest BCUT2D eigenvalue weighted by Gasteiger charge is 2.02. The van der Waals surface area contributed by atoms with Crippen molar-refractivity contribution >= 4 is 29.2 Å². The van der Waals surface area contributed by atoms with Crippen molar-refractivity contribution in [3.63, 3.8) is 0 Å². The van der Waals surface area contributed by atoms with E-state index in [0.717, 1.165) is 24.5 Å². The zero-order valence-electron chi connectivity index (χ0n) is 10.4. The zero-order valence-corrected chi connectivity index (χ0v) is 11.9. The number of methoxy groups -OCH3 is 1. The molecule has 0 spiro atoms. The average Bonchev–Trinajstić information content (AvgIpc) is 2.33. The van der Waals surface area contributed by atoms with Gasteiger partial charge in [0.1, 0.15) is 17.6 Å². The Morgan fingerprint density at radius 3 is 3.00 bits per heavy atom. The Labute approximate surface area is 116 Å². The first kappa shape index (κ1) is 15.5. The molecule has 0 aromatic carbocycles. The van der Waals surface area contributed by atoms with Crippen LogP contribution in [0.25, 0.3) is 0 Å². The van der Waals surface area contributed by atoms with Gasteiger partial charge in [0, 0.05) is 32.1 Å². The van der Waals surface area contributed by atoms with Gasteiger partial charge in [-0.1, -0.05) is 11.6 Å². The predicted octanol–water partition coefficient (Wildman–Crippen LogP) is 1.80. The molecular weight excluding hydrogens is 274 g/mol. The van der Waals surface area contributed by atoms with Gasteiger partial charge in [-0.15, -0.1) is 0 Å². The molecule has 7 heteroatoms. The van der Waals surface area contributed by atoms with Crippen LogP contribution in [-0.4, -0.2) is 46.8 Å². The number of aliphatic hydroxyl groups excluding tert-OH is 1. The molecule has 0 atom stereocenters. The number of hydrogen-bond acceptors (Lipinski definition) is 6. The van der Waals surface area contributed by atoms with Gasteiger partial charge in [-0.25, -0.2) is 9.97 Å². The summed E-state index contributed by atoms with van der Waals surface area (Å²) >= 11 is 7.68. The van der Waals surface area contributed by atoms with Crippen molar-refractivity contribution in [2.75, 3.05) is 37.1 Å². The fourth-order valence-electron chi connectivity index (χ4n) is 1.27. The Morgan fingerprint density at radius 2 is 2.28 bits per heavy atom. The molecule has 1 aromatic heterocycles. The first-order valence-corrected chi connectivity index (χ1v) is 7.24. The van der Waals surface area contributed by atoms with Crippen molar-refractivity contribution in [3.05, 3.63) is 17.0 Å². The lowest BCUT2D eigenvalue weighted by molar-refractivity contribution is 0.178. The van der Waals surface area contributed by atoms with Crippen molar-refractivity contribution in [2.45, 2.75) is 13.0 Å². The first-order valence-electron chi connectivity index (χ1n) is 5.71. The fourth-order valence-corrected chi connectivity index (χ4v) is 2.25. The molecule has 1 aromatic rings. The molecule has 0 unspecified atom stereocenters. The topological polar surface area (TPSA) is 67.3 Å². The molecule has 18 heavy (non-hydrogen) atoms. The lowest BCUT2D eigenvalue weighted by atomic mass is 10.5. The second-order valence-corrected chi connectivity index (χ2v) is 5.15. The molecule has 0 fully saturated rings. The van der Waals surface area contributed by atoms with Crippen LogP contribution in [0.1, 0.15) is 12.2 Å².